The molecule has 1 aliphatic carbocycles. The van der Waals surface area contributed by atoms with Gasteiger partial charge in [0.05, 0.1) is 18.4 Å². The summed E-state index contributed by atoms with van der Waals surface area (Å²) in [6.45, 7) is 0. The predicted molar refractivity (Wildman–Crippen MR) is 97.4 cm³/mol. The SMILES string of the molecule is COC(=O)c1ccccc1Nc1cc(C(=O)NC2CCCCC2)ncn1. The van der Waals surface area contributed by atoms with Crippen LogP contribution in [0, 0.1) is 0 Å². The number of nitrogens with zero attached hydrogens (tertiary/aromatic N) is 2. The third kappa shape index (κ3) is 4.36. The van der Waals surface area contributed by atoms with Gasteiger partial charge in [-0.2, -0.15) is 0 Å². The summed E-state index contributed by atoms with van der Waals surface area (Å²) in [5, 5.41) is 6.09. The summed E-state index contributed by atoms with van der Waals surface area (Å²) in [5.74, 6) is -0.217. The van der Waals surface area contributed by atoms with E-state index in [0.29, 0.717) is 22.8 Å². The van der Waals surface area contributed by atoms with Crippen molar-refractivity contribution in [3.63, 3.8) is 0 Å². The summed E-state index contributed by atoms with van der Waals surface area (Å²) in [4.78, 5) is 32.5. The molecular weight excluding hydrogens is 332 g/mol. The predicted octanol–water partition coefficient (Wildman–Crippen LogP) is 3.07. The van der Waals surface area contributed by atoms with E-state index in [0.717, 1.165) is 25.7 Å². The Morgan fingerprint density at radius 2 is 1.88 bits per heavy atom. The van der Waals surface area contributed by atoms with Crippen LogP contribution in [-0.4, -0.2) is 35.0 Å². The molecule has 1 aromatic heterocycles. The Kier molecular flexibility index (Phi) is 5.78. The highest BCUT2D eigenvalue weighted by Gasteiger charge is 2.18. The van der Waals surface area contributed by atoms with Gasteiger partial charge in [0.25, 0.3) is 5.91 Å². The molecule has 1 aliphatic rings. The minimum atomic E-state index is -0.447. The number of carbonyl (C=O) groups excluding carboxylic acids is 2. The first-order chi connectivity index (χ1) is 12.7. The van der Waals surface area contributed by atoms with Crippen LogP contribution in [0.15, 0.2) is 36.7 Å². The smallest absolute Gasteiger partial charge is 0.339 e. The molecule has 0 atom stereocenters. The second-order valence-corrected chi connectivity index (χ2v) is 6.26. The van der Waals surface area contributed by atoms with Crippen molar-refractivity contribution in [2.24, 2.45) is 0 Å². The number of methoxy groups -OCH3 is 1. The average Bonchev–Trinajstić information content (AvgIpc) is 2.69. The van der Waals surface area contributed by atoms with Crippen LogP contribution in [0.4, 0.5) is 11.5 Å². The van der Waals surface area contributed by atoms with Gasteiger partial charge in [0, 0.05) is 12.1 Å². The second-order valence-electron chi connectivity index (χ2n) is 6.26. The monoisotopic (exact) mass is 354 g/mol. The first-order valence-corrected chi connectivity index (χ1v) is 8.74. The summed E-state index contributed by atoms with van der Waals surface area (Å²) >= 11 is 0. The van der Waals surface area contributed by atoms with Crippen LogP contribution < -0.4 is 10.6 Å². The molecule has 0 unspecified atom stereocenters. The van der Waals surface area contributed by atoms with E-state index >= 15 is 0 Å². The van der Waals surface area contributed by atoms with E-state index in [4.69, 9.17) is 4.74 Å². The number of anilines is 2. The third-order valence-corrected chi connectivity index (χ3v) is 4.44. The molecule has 7 heteroatoms. The Balaban J connectivity index is 1.73. The fourth-order valence-electron chi connectivity index (χ4n) is 3.07. The highest BCUT2D eigenvalue weighted by atomic mass is 16.5. The fraction of sp³-hybridized carbons (Fsp3) is 0.368. The van der Waals surface area contributed by atoms with Crippen molar-refractivity contribution < 1.29 is 14.3 Å². The van der Waals surface area contributed by atoms with Crippen LogP contribution in [0.5, 0.6) is 0 Å². The lowest BCUT2D eigenvalue weighted by molar-refractivity contribution is 0.0601. The van der Waals surface area contributed by atoms with Gasteiger partial charge in [-0.3, -0.25) is 4.79 Å². The Bertz CT molecular complexity index is 788. The number of rotatable bonds is 5. The Hall–Kier alpha value is -2.96. The standard InChI is InChI=1S/C19H22N4O3/c1-26-19(25)14-9-5-6-10-15(14)23-17-11-16(20-12-21-17)18(24)22-13-7-3-2-4-8-13/h5-6,9-13H,2-4,7-8H2,1H3,(H,22,24)(H,20,21,23). The van der Waals surface area contributed by atoms with Gasteiger partial charge in [-0.05, 0) is 25.0 Å². The number of benzene rings is 1. The zero-order valence-corrected chi connectivity index (χ0v) is 14.7. The second kappa shape index (κ2) is 8.42. The van der Waals surface area contributed by atoms with E-state index in [-0.39, 0.29) is 11.9 Å². The molecule has 26 heavy (non-hydrogen) atoms. The van der Waals surface area contributed by atoms with Crippen molar-refractivity contribution in [1.82, 2.24) is 15.3 Å². The summed E-state index contributed by atoms with van der Waals surface area (Å²) < 4.78 is 4.79. The number of amides is 1. The number of hydrogen-bond donors (Lipinski definition) is 2. The average molecular weight is 354 g/mol. The molecule has 2 N–H and O–H groups in total. The number of ether oxygens (including phenoxy) is 1. The van der Waals surface area contributed by atoms with E-state index in [2.05, 4.69) is 20.6 Å². The van der Waals surface area contributed by atoms with E-state index in [1.807, 2.05) is 0 Å². The first-order valence-electron chi connectivity index (χ1n) is 8.74. The molecule has 0 bridgehead atoms. The number of para-hydroxylation sites is 1. The van der Waals surface area contributed by atoms with Crippen LogP contribution in [0.2, 0.25) is 0 Å². The lowest BCUT2D eigenvalue weighted by Gasteiger charge is -2.22. The maximum Gasteiger partial charge on any atom is 0.339 e. The van der Waals surface area contributed by atoms with Gasteiger partial charge in [0.1, 0.15) is 17.8 Å². The van der Waals surface area contributed by atoms with Gasteiger partial charge in [0.2, 0.25) is 0 Å². The van der Waals surface area contributed by atoms with Crippen molar-refractivity contribution in [3.05, 3.63) is 47.9 Å². The quantitative estimate of drug-likeness (QED) is 0.802. The van der Waals surface area contributed by atoms with Crippen LogP contribution in [-0.2, 0) is 4.74 Å². The molecule has 2 aromatic rings. The Morgan fingerprint density at radius 1 is 1.12 bits per heavy atom. The van der Waals surface area contributed by atoms with Crippen molar-refractivity contribution in [2.45, 2.75) is 38.1 Å². The maximum atomic E-state index is 12.4. The van der Waals surface area contributed by atoms with Crippen LogP contribution in [0.25, 0.3) is 0 Å². The number of aromatic nitrogens is 2. The molecule has 136 valence electrons. The Morgan fingerprint density at radius 3 is 2.65 bits per heavy atom. The lowest BCUT2D eigenvalue weighted by atomic mass is 9.95. The van der Waals surface area contributed by atoms with Gasteiger partial charge in [0.15, 0.2) is 0 Å². The van der Waals surface area contributed by atoms with Crippen LogP contribution in [0.3, 0.4) is 0 Å². The molecule has 3 rings (SSSR count). The molecule has 1 saturated carbocycles. The molecule has 7 nitrogen and oxygen atoms in total. The summed E-state index contributed by atoms with van der Waals surface area (Å²) in [6.07, 6.45) is 6.87. The molecule has 0 radical (unpaired) electrons. The van der Waals surface area contributed by atoms with Crippen LogP contribution in [0.1, 0.15) is 53.0 Å². The summed E-state index contributed by atoms with van der Waals surface area (Å²) in [6, 6.07) is 8.74. The lowest BCUT2D eigenvalue weighted by Crippen LogP contribution is -2.36. The van der Waals surface area contributed by atoms with E-state index in [9.17, 15) is 9.59 Å². The highest BCUT2D eigenvalue weighted by Crippen LogP contribution is 2.21. The highest BCUT2D eigenvalue weighted by molar-refractivity contribution is 5.97. The molecule has 1 fully saturated rings. The maximum absolute atomic E-state index is 12.4. The molecular formula is C19H22N4O3. The van der Waals surface area contributed by atoms with Crippen molar-refractivity contribution in [1.29, 1.82) is 0 Å². The van der Waals surface area contributed by atoms with Crippen molar-refractivity contribution in [2.75, 3.05) is 12.4 Å². The molecule has 0 saturated heterocycles. The van der Waals surface area contributed by atoms with Gasteiger partial charge in [-0.15, -0.1) is 0 Å². The zero-order valence-electron chi connectivity index (χ0n) is 14.7. The largest absolute Gasteiger partial charge is 0.465 e. The number of esters is 1. The molecule has 1 heterocycles. The minimum absolute atomic E-state index is 0.205. The molecule has 1 aromatic carbocycles. The van der Waals surface area contributed by atoms with Gasteiger partial charge in [-0.25, -0.2) is 14.8 Å². The molecule has 1 amide bonds. The van der Waals surface area contributed by atoms with Crippen molar-refractivity contribution >= 4 is 23.4 Å². The van der Waals surface area contributed by atoms with E-state index in [1.54, 1.807) is 30.3 Å². The molecule has 0 spiro atoms. The normalized spacial score (nSPS) is 14.5. The van der Waals surface area contributed by atoms with Crippen LogP contribution >= 0.6 is 0 Å². The summed E-state index contributed by atoms with van der Waals surface area (Å²) in [5.41, 5.74) is 1.24. The summed E-state index contributed by atoms with van der Waals surface area (Å²) in [7, 11) is 1.33. The Labute approximate surface area is 152 Å². The topological polar surface area (TPSA) is 93.2 Å². The van der Waals surface area contributed by atoms with Gasteiger partial charge in [-0.1, -0.05) is 31.4 Å². The zero-order chi connectivity index (χ0) is 18.4. The van der Waals surface area contributed by atoms with Gasteiger partial charge < -0.3 is 15.4 Å². The molecule has 0 aliphatic heterocycles. The number of hydrogen-bond acceptors (Lipinski definition) is 6. The van der Waals surface area contributed by atoms with E-state index < -0.39 is 5.97 Å². The van der Waals surface area contributed by atoms with E-state index in [1.165, 1.54) is 19.9 Å². The third-order valence-electron chi connectivity index (χ3n) is 4.44. The minimum Gasteiger partial charge on any atom is -0.465 e. The first kappa shape index (κ1) is 17.8. The van der Waals surface area contributed by atoms with Crippen molar-refractivity contribution in [3.8, 4) is 0 Å². The number of nitrogens with one attached hydrogen (secondary N) is 2. The van der Waals surface area contributed by atoms with Gasteiger partial charge >= 0.3 is 5.97 Å². The number of carbonyl (C=O) groups is 2. The fourth-order valence-corrected chi connectivity index (χ4v) is 3.07.